The number of aromatic nitrogens is 1. The minimum atomic E-state index is -3.32. The van der Waals surface area contributed by atoms with Crippen LogP contribution in [0.3, 0.4) is 0 Å². The molecule has 1 rings (SSSR count). The summed E-state index contributed by atoms with van der Waals surface area (Å²) in [7, 11) is 1.05. The van der Waals surface area contributed by atoms with Crippen molar-refractivity contribution in [3.8, 4) is 0 Å². The zero-order valence-electron chi connectivity index (χ0n) is 9.02. The second kappa shape index (κ2) is 5.43. The Morgan fingerprint density at radius 2 is 2.22 bits per heavy atom. The third-order valence-electron chi connectivity index (χ3n) is 1.97. The van der Waals surface area contributed by atoms with Crippen LogP contribution < -0.4 is 0 Å². The molecule has 1 heterocycles. The normalized spacial score (nSPS) is 10.5. The van der Waals surface area contributed by atoms with Crippen molar-refractivity contribution in [3.05, 3.63) is 33.4 Å². The lowest BCUT2D eigenvalue weighted by molar-refractivity contribution is -0.387. The van der Waals surface area contributed by atoms with Crippen molar-refractivity contribution in [1.29, 1.82) is 0 Å². The number of ether oxygens (including phenoxy) is 1. The molecule has 0 saturated heterocycles. The average molecular weight is 264 g/mol. The molecule has 1 aromatic rings. The second-order valence-electron chi connectivity index (χ2n) is 3.14. The van der Waals surface area contributed by atoms with Crippen LogP contribution in [0.1, 0.15) is 17.8 Å². The molecule has 0 atom stereocenters. The number of esters is 1. The van der Waals surface area contributed by atoms with E-state index in [0.717, 1.165) is 7.11 Å². The van der Waals surface area contributed by atoms with E-state index in [9.17, 15) is 28.1 Å². The fourth-order valence-electron chi connectivity index (χ4n) is 1.18. The maximum absolute atomic E-state index is 13.3. The molecule has 18 heavy (non-hydrogen) atoms. The van der Waals surface area contributed by atoms with E-state index in [2.05, 4.69) is 9.72 Å². The summed E-state index contributed by atoms with van der Waals surface area (Å²) in [6.07, 6.45) is -3.88. The molecule has 0 radical (unpaired) electrons. The molecule has 0 aliphatic rings. The average Bonchev–Trinajstić information content (AvgIpc) is 2.30. The SMILES string of the molecule is COC(=O)Cc1cc([N+](=O)[O-])c(F)c(C(F)F)n1. The van der Waals surface area contributed by atoms with Crippen molar-refractivity contribution in [3.63, 3.8) is 0 Å². The largest absolute Gasteiger partial charge is 0.469 e. The van der Waals surface area contributed by atoms with E-state index in [1.54, 1.807) is 0 Å². The number of methoxy groups -OCH3 is 1. The van der Waals surface area contributed by atoms with Gasteiger partial charge in [0.2, 0.25) is 5.82 Å². The molecule has 1 aromatic heterocycles. The first-order valence-corrected chi connectivity index (χ1v) is 4.55. The smallest absolute Gasteiger partial charge is 0.311 e. The van der Waals surface area contributed by atoms with Gasteiger partial charge in [0.15, 0.2) is 0 Å². The van der Waals surface area contributed by atoms with E-state index in [-0.39, 0.29) is 5.69 Å². The molecular formula is C9H7F3N2O4. The van der Waals surface area contributed by atoms with Crippen molar-refractivity contribution < 1.29 is 27.6 Å². The third kappa shape index (κ3) is 2.93. The maximum atomic E-state index is 13.3. The first kappa shape index (κ1) is 13.9. The Morgan fingerprint density at radius 3 is 2.67 bits per heavy atom. The van der Waals surface area contributed by atoms with E-state index in [0.29, 0.717) is 6.07 Å². The van der Waals surface area contributed by atoms with Crippen LogP contribution in [0.25, 0.3) is 0 Å². The lowest BCUT2D eigenvalue weighted by Crippen LogP contribution is -2.10. The van der Waals surface area contributed by atoms with Crippen LogP contribution in [-0.2, 0) is 16.0 Å². The summed E-state index contributed by atoms with van der Waals surface area (Å²) in [4.78, 5) is 23.4. The lowest BCUT2D eigenvalue weighted by atomic mass is 10.2. The Morgan fingerprint density at radius 1 is 1.61 bits per heavy atom. The maximum Gasteiger partial charge on any atom is 0.311 e. The van der Waals surface area contributed by atoms with Gasteiger partial charge in [-0.15, -0.1) is 0 Å². The minimum Gasteiger partial charge on any atom is -0.469 e. The zero-order valence-corrected chi connectivity index (χ0v) is 9.02. The number of nitrogens with zero attached hydrogens (tertiary/aromatic N) is 2. The Labute approximate surface area is 98.5 Å². The molecule has 0 amide bonds. The number of nitro groups is 1. The van der Waals surface area contributed by atoms with Gasteiger partial charge in [-0.25, -0.2) is 13.8 Å². The molecular weight excluding hydrogens is 257 g/mol. The zero-order chi connectivity index (χ0) is 13.9. The molecule has 0 unspecified atom stereocenters. The first-order chi connectivity index (χ1) is 8.36. The van der Waals surface area contributed by atoms with Crippen molar-refractivity contribution in [2.75, 3.05) is 7.11 Å². The quantitative estimate of drug-likeness (QED) is 0.470. The molecule has 0 N–H and O–H groups in total. The highest BCUT2D eigenvalue weighted by molar-refractivity contribution is 5.72. The number of alkyl halides is 2. The minimum absolute atomic E-state index is 0.356. The highest BCUT2D eigenvalue weighted by Crippen LogP contribution is 2.27. The van der Waals surface area contributed by atoms with Crippen molar-refractivity contribution in [2.45, 2.75) is 12.8 Å². The van der Waals surface area contributed by atoms with Gasteiger partial charge in [0, 0.05) is 6.07 Å². The number of pyridine rings is 1. The summed E-state index contributed by atoms with van der Waals surface area (Å²) < 4.78 is 42.4. The van der Waals surface area contributed by atoms with Crippen LogP contribution in [-0.4, -0.2) is 23.0 Å². The second-order valence-corrected chi connectivity index (χ2v) is 3.14. The van der Waals surface area contributed by atoms with Gasteiger partial charge in [-0.1, -0.05) is 0 Å². The monoisotopic (exact) mass is 264 g/mol. The van der Waals surface area contributed by atoms with E-state index in [4.69, 9.17) is 0 Å². The molecule has 0 saturated carbocycles. The number of hydrogen-bond donors (Lipinski definition) is 0. The number of hydrogen-bond acceptors (Lipinski definition) is 5. The third-order valence-corrected chi connectivity index (χ3v) is 1.97. The molecule has 0 spiro atoms. The predicted octanol–water partition coefficient (Wildman–Crippen LogP) is 1.78. The van der Waals surface area contributed by atoms with E-state index < -0.39 is 40.9 Å². The topological polar surface area (TPSA) is 82.3 Å². The van der Waals surface area contributed by atoms with Gasteiger partial charge in [-0.2, -0.15) is 4.39 Å². The van der Waals surface area contributed by atoms with E-state index in [1.165, 1.54) is 0 Å². The molecule has 0 bridgehead atoms. The lowest BCUT2D eigenvalue weighted by Gasteiger charge is -2.05. The van der Waals surface area contributed by atoms with Gasteiger partial charge in [0.25, 0.3) is 6.43 Å². The number of halogens is 3. The van der Waals surface area contributed by atoms with Gasteiger partial charge in [0.05, 0.1) is 24.1 Å². The summed E-state index contributed by atoms with van der Waals surface area (Å²) in [5, 5.41) is 10.5. The number of carbonyl (C=O) groups is 1. The van der Waals surface area contributed by atoms with Crippen LogP contribution >= 0.6 is 0 Å². The molecule has 0 aromatic carbocycles. The van der Waals surface area contributed by atoms with Crippen molar-refractivity contribution >= 4 is 11.7 Å². The molecule has 6 nitrogen and oxygen atoms in total. The number of rotatable bonds is 4. The summed E-state index contributed by atoms with van der Waals surface area (Å²) in [5.41, 5.74) is -2.87. The highest BCUT2D eigenvalue weighted by Gasteiger charge is 2.27. The van der Waals surface area contributed by atoms with Crippen LogP contribution in [0, 0.1) is 15.9 Å². The van der Waals surface area contributed by atoms with Crippen LogP contribution in [0.5, 0.6) is 0 Å². The highest BCUT2D eigenvalue weighted by atomic mass is 19.3. The number of carbonyl (C=O) groups excluding carboxylic acids is 1. The standard InChI is InChI=1S/C9H7F3N2O4/c1-18-6(15)3-4-2-5(14(16)17)7(10)8(13-4)9(11)12/h2,9H,3H2,1H3. The van der Waals surface area contributed by atoms with Gasteiger partial charge in [-0.05, 0) is 0 Å². The molecule has 9 heteroatoms. The first-order valence-electron chi connectivity index (χ1n) is 4.55. The molecule has 0 aliphatic carbocycles. The predicted molar refractivity (Wildman–Crippen MR) is 51.5 cm³/mol. The van der Waals surface area contributed by atoms with E-state index >= 15 is 0 Å². The fraction of sp³-hybridized carbons (Fsp3) is 0.333. The molecule has 0 fully saturated rings. The van der Waals surface area contributed by atoms with Gasteiger partial charge in [0.1, 0.15) is 5.69 Å². The van der Waals surface area contributed by atoms with Crippen LogP contribution in [0.15, 0.2) is 6.07 Å². The van der Waals surface area contributed by atoms with Crippen molar-refractivity contribution in [1.82, 2.24) is 4.98 Å². The Hall–Kier alpha value is -2.19. The molecule has 98 valence electrons. The Balaban J connectivity index is 3.29. The van der Waals surface area contributed by atoms with Crippen molar-refractivity contribution in [2.24, 2.45) is 0 Å². The summed E-state index contributed by atoms with van der Waals surface area (Å²) in [6, 6.07) is 0.623. The van der Waals surface area contributed by atoms with Gasteiger partial charge in [-0.3, -0.25) is 14.9 Å². The van der Waals surface area contributed by atoms with Gasteiger partial charge < -0.3 is 4.74 Å². The summed E-state index contributed by atoms with van der Waals surface area (Å²) in [6.45, 7) is 0. The fourth-order valence-corrected chi connectivity index (χ4v) is 1.18. The Kier molecular flexibility index (Phi) is 4.18. The summed E-state index contributed by atoms with van der Waals surface area (Å²) >= 11 is 0. The molecule has 0 aliphatic heterocycles. The Bertz CT molecular complexity index is 493. The van der Waals surface area contributed by atoms with E-state index in [1.807, 2.05) is 0 Å². The van der Waals surface area contributed by atoms with Crippen LogP contribution in [0.2, 0.25) is 0 Å². The summed E-state index contributed by atoms with van der Waals surface area (Å²) in [5.74, 6) is -2.53. The van der Waals surface area contributed by atoms with Gasteiger partial charge >= 0.3 is 11.7 Å². The van der Waals surface area contributed by atoms with Crippen LogP contribution in [0.4, 0.5) is 18.9 Å².